The summed E-state index contributed by atoms with van der Waals surface area (Å²) in [6.45, 7) is 0. The van der Waals surface area contributed by atoms with Gasteiger partial charge in [-0.25, -0.2) is 4.98 Å². The predicted octanol–water partition coefficient (Wildman–Crippen LogP) is 1.49. The zero-order valence-electron chi connectivity index (χ0n) is 11.4. The molecular weight excluding hydrogens is 387 g/mol. The maximum absolute atomic E-state index is 12.5. The van der Waals surface area contributed by atoms with Crippen molar-refractivity contribution in [3.05, 3.63) is 33.0 Å². The van der Waals surface area contributed by atoms with Crippen LogP contribution in [0.3, 0.4) is 0 Å². The number of hydrogen-bond acceptors (Lipinski definition) is 7. The van der Waals surface area contributed by atoms with Gasteiger partial charge in [0.25, 0.3) is 0 Å². The molecule has 4 N–H and O–H groups in total. The third-order valence-electron chi connectivity index (χ3n) is 2.78. The lowest BCUT2D eigenvalue weighted by molar-refractivity contribution is 0.103. The molecule has 2 aromatic rings. The lowest BCUT2D eigenvalue weighted by Gasteiger charge is -2.12. The van der Waals surface area contributed by atoms with Crippen LogP contribution in [0.25, 0.3) is 0 Å². The molecule has 0 aliphatic heterocycles. The van der Waals surface area contributed by atoms with Crippen LogP contribution in [0.5, 0.6) is 11.5 Å². The van der Waals surface area contributed by atoms with Gasteiger partial charge in [-0.1, -0.05) is 0 Å². The van der Waals surface area contributed by atoms with Crippen LogP contribution in [0.2, 0.25) is 0 Å². The molecule has 0 aliphatic rings. The fourth-order valence-electron chi connectivity index (χ4n) is 1.79. The van der Waals surface area contributed by atoms with Gasteiger partial charge in [-0.15, -0.1) is 0 Å². The van der Waals surface area contributed by atoms with Gasteiger partial charge in [0.05, 0.1) is 23.4 Å². The van der Waals surface area contributed by atoms with E-state index >= 15 is 0 Å². The Labute approximate surface area is 134 Å². The van der Waals surface area contributed by atoms with Crippen LogP contribution >= 0.6 is 22.6 Å². The highest BCUT2D eigenvalue weighted by molar-refractivity contribution is 14.1. The number of methoxy groups -OCH3 is 2. The molecule has 0 atom stereocenters. The molecule has 2 rings (SSSR count). The molecule has 0 radical (unpaired) electrons. The lowest BCUT2D eigenvalue weighted by atomic mass is 10.0. The van der Waals surface area contributed by atoms with Crippen molar-refractivity contribution in [2.45, 2.75) is 0 Å². The first kappa shape index (κ1) is 15.3. The molecule has 110 valence electrons. The highest BCUT2D eigenvalue weighted by atomic mass is 127. The van der Waals surface area contributed by atoms with E-state index < -0.39 is 0 Å². The van der Waals surface area contributed by atoms with Crippen molar-refractivity contribution >= 4 is 40.1 Å². The highest BCUT2D eigenvalue weighted by Gasteiger charge is 2.19. The standard InChI is InChI=1S/C13H13IN4O3/c1-20-9-4-6(3-8(14)11(9)21-2)10(19)7-5-17-13(16)18-12(7)15/h3-5H,1-2H3,(H4,15,16,17,18). The smallest absolute Gasteiger partial charge is 0.221 e. The molecule has 0 spiro atoms. The van der Waals surface area contributed by atoms with Gasteiger partial charge in [-0.3, -0.25) is 4.79 Å². The number of nitrogen functional groups attached to an aromatic ring is 2. The largest absolute Gasteiger partial charge is 0.493 e. The van der Waals surface area contributed by atoms with E-state index in [9.17, 15) is 4.79 Å². The second kappa shape index (κ2) is 6.12. The van der Waals surface area contributed by atoms with Crippen LogP contribution in [-0.2, 0) is 0 Å². The Morgan fingerprint density at radius 1 is 1.24 bits per heavy atom. The van der Waals surface area contributed by atoms with E-state index in [1.165, 1.54) is 20.4 Å². The zero-order valence-corrected chi connectivity index (χ0v) is 13.5. The third kappa shape index (κ3) is 2.99. The Morgan fingerprint density at radius 3 is 2.52 bits per heavy atom. The minimum atomic E-state index is -0.314. The summed E-state index contributed by atoms with van der Waals surface area (Å²) in [6, 6.07) is 3.26. The molecule has 7 nitrogen and oxygen atoms in total. The first-order valence-electron chi connectivity index (χ1n) is 5.82. The predicted molar refractivity (Wildman–Crippen MR) is 86.6 cm³/mol. The van der Waals surface area contributed by atoms with Crippen molar-refractivity contribution in [2.75, 3.05) is 25.7 Å². The van der Waals surface area contributed by atoms with Gasteiger partial charge in [-0.2, -0.15) is 4.98 Å². The number of aromatic nitrogens is 2. The number of rotatable bonds is 4. The van der Waals surface area contributed by atoms with Crippen molar-refractivity contribution in [3.8, 4) is 11.5 Å². The number of ether oxygens (including phenoxy) is 2. The maximum Gasteiger partial charge on any atom is 0.221 e. The van der Waals surface area contributed by atoms with Crippen LogP contribution in [0, 0.1) is 3.57 Å². The molecule has 0 saturated heterocycles. The molecule has 0 unspecified atom stereocenters. The Morgan fingerprint density at radius 2 is 1.95 bits per heavy atom. The van der Waals surface area contributed by atoms with Gasteiger partial charge in [-0.05, 0) is 34.7 Å². The molecule has 21 heavy (non-hydrogen) atoms. The normalized spacial score (nSPS) is 10.2. The number of nitrogens with zero attached hydrogens (tertiary/aromatic N) is 2. The molecule has 0 aliphatic carbocycles. The summed E-state index contributed by atoms with van der Waals surface area (Å²) in [4.78, 5) is 20.1. The Kier molecular flexibility index (Phi) is 4.46. The minimum absolute atomic E-state index is 0.0194. The molecule has 0 fully saturated rings. The molecule has 0 amide bonds. The summed E-state index contributed by atoms with van der Waals surface area (Å²) >= 11 is 2.06. The second-order valence-electron chi connectivity index (χ2n) is 4.05. The van der Waals surface area contributed by atoms with Gasteiger partial charge in [0.1, 0.15) is 5.82 Å². The van der Waals surface area contributed by atoms with Gasteiger partial charge in [0, 0.05) is 11.8 Å². The minimum Gasteiger partial charge on any atom is -0.493 e. The average molecular weight is 400 g/mol. The van der Waals surface area contributed by atoms with E-state index in [0.717, 1.165) is 3.57 Å². The van der Waals surface area contributed by atoms with Crippen LogP contribution in [0.4, 0.5) is 11.8 Å². The fraction of sp³-hybridized carbons (Fsp3) is 0.154. The summed E-state index contributed by atoms with van der Waals surface area (Å²) in [5.41, 5.74) is 11.7. The number of hydrogen-bond donors (Lipinski definition) is 2. The number of nitrogens with two attached hydrogens (primary N) is 2. The fourth-order valence-corrected chi connectivity index (χ4v) is 2.61. The van der Waals surface area contributed by atoms with Gasteiger partial charge in [0.15, 0.2) is 17.3 Å². The average Bonchev–Trinajstić information content (AvgIpc) is 2.45. The van der Waals surface area contributed by atoms with Crippen LogP contribution < -0.4 is 20.9 Å². The molecular formula is C13H13IN4O3. The van der Waals surface area contributed by atoms with Crippen molar-refractivity contribution in [2.24, 2.45) is 0 Å². The topological polar surface area (TPSA) is 113 Å². The molecule has 0 bridgehead atoms. The first-order chi connectivity index (χ1) is 9.97. The van der Waals surface area contributed by atoms with Crippen LogP contribution in [-0.4, -0.2) is 30.0 Å². The third-order valence-corrected chi connectivity index (χ3v) is 3.58. The summed E-state index contributed by atoms with van der Waals surface area (Å²) in [5.74, 6) is 0.772. The van der Waals surface area contributed by atoms with E-state index in [2.05, 4.69) is 32.6 Å². The van der Waals surface area contributed by atoms with Gasteiger partial charge in [0.2, 0.25) is 5.95 Å². The Bertz CT molecular complexity index is 706. The molecule has 0 saturated carbocycles. The number of halogens is 1. The maximum atomic E-state index is 12.5. The number of benzene rings is 1. The molecule has 8 heteroatoms. The van der Waals surface area contributed by atoms with Crippen LogP contribution in [0.1, 0.15) is 15.9 Å². The highest BCUT2D eigenvalue weighted by Crippen LogP contribution is 2.34. The SMILES string of the molecule is COc1cc(C(=O)c2cnc(N)nc2N)cc(I)c1OC. The monoisotopic (exact) mass is 400 g/mol. The van der Waals surface area contributed by atoms with Crippen molar-refractivity contribution in [1.82, 2.24) is 9.97 Å². The number of ketones is 1. The van der Waals surface area contributed by atoms with Crippen LogP contribution in [0.15, 0.2) is 18.3 Å². The lowest BCUT2D eigenvalue weighted by Crippen LogP contribution is -2.10. The molecule has 1 heterocycles. The Hall–Kier alpha value is -2.10. The number of carbonyl (C=O) groups is 1. The summed E-state index contributed by atoms with van der Waals surface area (Å²) in [7, 11) is 3.04. The van der Waals surface area contributed by atoms with Crippen molar-refractivity contribution in [1.29, 1.82) is 0 Å². The summed E-state index contributed by atoms with van der Waals surface area (Å²) in [6.07, 6.45) is 1.31. The quantitative estimate of drug-likeness (QED) is 0.591. The van der Waals surface area contributed by atoms with Crippen molar-refractivity contribution < 1.29 is 14.3 Å². The van der Waals surface area contributed by atoms with E-state index in [0.29, 0.717) is 17.1 Å². The van der Waals surface area contributed by atoms with E-state index in [-0.39, 0.29) is 23.1 Å². The Balaban J connectivity index is 2.51. The zero-order chi connectivity index (χ0) is 15.6. The second-order valence-corrected chi connectivity index (χ2v) is 5.21. The van der Waals surface area contributed by atoms with E-state index in [1.807, 2.05) is 0 Å². The summed E-state index contributed by atoms with van der Waals surface area (Å²) < 4.78 is 11.2. The van der Waals surface area contributed by atoms with Crippen molar-refractivity contribution in [3.63, 3.8) is 0 Å². The van der Waals surface area contributed by atoms with Gasteiger partial charge < -0.3 is 20.9 Å². The van der Waals surface area contributed by atoms with Gasteiger partial charge >= 0.3 is 0 Å². The molecule has 1 aromatic carbocycles. The van der Waals surface area contributed by atoms with E-state index in [4.69, 9.17) is 20.9 Å². The van der Waals surface area contributed by atoms with E-state index in [1.54, 1.807) is 12.1 Å². The number of anilines is 2. The number of carbonyl (C=O) groups excluding carboxylic acids is 1. The first-order valence-corrected chi connectivity index (χ1v) is 6.90. The molecule has 1 aromatic heterocycles. The summed E-state index contributed by atoms with van der Waals surface area (Å²) in [5, 5.41) is 0.